The summed E-state index contributed by atoms with van der Waals surface area (Å²) < 4.78 is 6.58. The lowest BCUT2D eigenvalue weighted by molar-refractivity contribution is 0.0516. The maximum atomic E-state index is 12.1. The molecule has 0 unspecified atom stereocenters. The van der Waals surface area contributed by atoms with Gasteiger partial charge in [0, 0.05) is 10.0 Å². The number of oxime groups is 1. The van der Waals surface area contributed by atoms with Crippen LogP contribution in [0.2, 0.25) is 5.02 Å². The van der Waals surface area contributed by atoms with Crippen molar-refractivity contribution in [3.63, 3.8) is 0 Å². The second-order valence-corrected chi connectivity index (χ2v) is 7.10. The average molecular weight is 460 g/mol. The van der Waals surface area contributed by atoms with E-state index in [0.29, 0.717) is 28.5 Å². The van der Waals surface area contributed by atoms with Gasteiger partial charge in [-0.3, -0.25) is 0 Å². The zero-order valence-corrected chi connectivity index (χ0v) is 17.0. The molecule has 0 bridgehead atoms. The van der Waals surface area contributed by atoms with Crippen LogP contribution < -0.4 is 10.5 Å². The number of nitrogens with two attached hydrogens (primary N) is 1. The summed E-state index contributed by atoms with van der Waals surface area (Å²) in [6.07, 6.45) is 0. The zero-order chi connectivity index (χ0) is 19.9. The van der Waals surface area contributed by atoms with Crippen LogP contribution in [0.15, 0.2) is 82.4 Å². The summed E-state index contributed by atoms with van der Waals surface area (Å²) in [6.45, 7) is 0.315. The molecule has 3 rings (SSSR count). The predicted octanol–water partition coefficient (Wildman–Crippen LogP) is 5.16. The van der Waals surface area contributed by atoms with Gasteiger partial charge in [-0.1, -0.05) is 75.2 Å². The number of benzene rings is 3. The fourth-order valence-electron chi connectivity index (χ4n) is 2.30. The van der Waals surface area contributed by atoms with Crippen LogP contribution in [0, 0.1) is 0 Å². The smallest absolute Gasteiger partial charge is 0.365 e. The third-order valence-electron chi connectivity index (χ3n) is 3.77. The number of hydrogen-bond acceptors (Lipinski definition) is 4. The highest BCUT2D eigenvalue weighted by atomic mass is 79.9. The van der Waals surface area contributed by atoms with Crippen LogP contribution in [0.5, 0.6) is 5.75 Å². The fourth-order valence-corrected chi connectivity index (χ4v) is 3.02. The topological polar surface area (TPSA) is 73.9 Å². The Morgan fingerprint density at radius 2 is 1.71 bits per heavy atom. The summed E-state index contributed by atoms with van der Waals surface area (Å²) >= 11 is 9.48. The first-order valence-electron chi connectivity index (χ1n) is 8.30. The number of ether oxygens (including phenoxy) is 1. The van der Waals surface area contributed by atoms with Crippen LogP contribution in [-0.2, 0) is 11.4 Å². The third kappa shape index (κ3) is 5.34. The highest BCUT2D eigenvalue weighted by Gasteiger charge is 2.09. The predicted molar refractivity (Wildman–Crippen MR) is 113 cm³/mol. The molecular weight excluding hydrogens is 444 g/mol. The minimum absolute atomic E-state index is 0.130. The second-order valence-electron chi connectivity index (χ2n) is 5.78. The molecule has 0 atom stereocenters. The Kier molecular flexibility index (Phi) is 6.68. The van der Waals surface area contributed by atoms with Gasteiger partial charge in [0.1, 0.15) is 12.4 Å². The van der Waals surface area contributed by atoms with Crippen molar-refractivity contribution in [3.8, 4) is 5.75 Å². The van der Waals surface area contributed by atoms with Crippen LogP contribution in [0.1, 0.15) is 21.5 Å². The van der Waals surface area contributed by atoms with Gasteiger partial charge in [-0.05, 0) is 35.9 Å². The van der Waals surface area contributed by atoms with Gasteiger partial charge < -0.3 is 15.3 Å². The van der Waals surface area contributed by atoms with Crippen molar-refractivity contribution in [2.75, 3.05) is 0 Å². The monoisotopic (exact) mass is 458 g/mol. The number of nitrogens with zero attached hydrogens (tertiary/aromatic N) is 1. The lowest BCUT2D eigenvalue weighted by atomic mass is 10.1. The van der Waals surface area contributed by atoms with Gasteiger partial charge >= 0.3 is 5.97 Å². The van der Waals surface area contributed by atoms with Crippen molar-refractivity contribution in [2.24, 2.45) is 10.9 Å². The third-order valence-corrected chi connectivity index (χ3v) is 4.56. The van der Waals surface area contributed by atoms with Gasteiger partial charge in [-0.25, -0.2) is 4.79 Å². The van der Waals surface area contributed by atoms with E-state index in [4.69, 9.17) is 26.9 Å². The van der Waals surface area contributed by atoms with Crippen LogP contribution in [0.4, 0.5) is 0 Å². The average Bonchev–Trinajstić information content (AvgIpc) is 2.72. The molecule has 0 aromatic heterocycles. The van der Waals surface area contributed by atoms with Crippen LogP contribution >= 0.6 is 27.5 Å². The standard InChI is InChI=1S/C21H16BrClN2O3/c22-17-10-11-19(18(23)12-17)27-13-14-6-8-16(9-7-14)21(26)28-25-20(24)15-4-2-1-3-5-15/h1-12H,13H2,(H2,24,25). The molecule has 0 saturated carbocycles. The van der Waals surface area contributed by atoms with E-state index in [1.165, 1.54) is 0 Å². The molecule has 0 saturated heterocycles. The Hall–Kier alpha value is -2.83. The van der Waals surface area contributed by atoms with Crippen LogP contribution in [0.3, 0.4) is 0 Å². The number of amidine groups is 1. The fraction of sp³-hybridized carbons (Fsp3) is 0.0476. The number of carbonyl (C=O) groups excluding carboxylic acids is 1. The van der Waals surface area contributed by atoms with Crippen LogP contribution in [-0.4, -0.2) is 11.8 Å². The zero-order valence-electron chi connectivity index (χ0n) is 14.6. The van der Waals surface area contributed by atoms with Crippen molar-refractivity contribution in [1.29, 1.82) is 0 Å². The highest BCUT2D eigenvalue weighted by molar-refractivity contribution is 9.10. The molecule has 0 aliphatic heterocycles. The molecule has 3 aromatic carbocycles. The summed E-state index contributed by atoms with van der Waals surface area (Å²) in [5.74, 6) is 0.117. The molecule has 7 heteroatoms. The van der Waals surface area contributed by atoms with E-state index in [9.17, 15) is 4.79 Å². The van der Waals surface area contributed by atoms with Crippen molar-refractivity contribution < 1.29 is 14.4 Å². The molecule has 3 aromatic rings. The Morgan fingerprint density at radius 3 is 2.39 bits per heavy atom. The molecule has 0 heterocycles. The number of rotatable bonds is 6. The SMILES string of the molecule is N/C(=N\OC(=O)c1ccc(COc2ccc(Br)cc2Cl)cc1)c1ccccc1. The molecule has 2 N–H and O–H groups in total. The molecule has 5 nitrogen and oxygen atoms in total. The number of halogens is 2. The normalized spacial score (nSPS) is 11.1. The molecule has 28 heavy (non-hydrogen) atoms. The first-order valence-corrected chi connectivity index (χ1v) is 9.47. The van der Waals surface area contributed by atoms with Gasteiger partial charge in [0.05, 0.1) is 10.6 Å². The summed E-state index contributed by atoms with van der Waals surface area (Å²) in [5.41, 5.74) is 7.71. The van der Waals surface area contributed by atoms with E-state index < -0.39 is 5.97 Å². The van der Waals surface area contributed by atoms with E-state index in [1.807, 2.05) is 24.3 Å². The van der Waals surface area contributed by atoms with Gasteiger partial charge in [0.2, 0.25) is 0 Å². The molecule has 0 spiro atoms. The lowest BCUT2D eigenvalue weighted by Crippen LogP contribution is -2.15. The van der Waals surface area contributed by atoms with E-state index in [-0.39, 0.29) is 5.84 Å². The molecule has 0 aliphatic carbocycles. The number of carbonyl (C=O) groups is 1. The number of hydrogen-bond donors (Lipinski definition) is 1. The van der Waals surface area contributed by atoms with Gasteiger partial charge in [-0.2, -0.15) is 0 Å². The van der Waals surface area contributed by atoms with Crippen LogP contribution in [0.25, 0.3) is 0 Å². The van der Waals surface area contributed by atoms with Crippen molar-refractivity contribution in [1.82, 2.24) is 0 Å². The summed E-state index contributed by atoms with van der Waals surface area (Å²) in [5, 5.41) is 4.20. The van der Waals surface area contributed by atoms with E-state index >= 15 is 0 Å². The summed E-state index contributed by atoms with van der Waals surface area (Å²) in [6, 6.07) is 21.3. The first-order chi connectivity index (χ1) is 13.5. The summed E-state index contributed by atoms with van der Waals surface area (Å²) in [7, 11) is 0. The largest absolute Gasteiger partial charge is 0.487 e. The first kappa shape index (κ1) is 19.9. The minimum Gasteiger partial charge on any atom is -0.487 e. The second kappa shape index (κ2) is 9.39. The molecule has 0 radical (unpaired) electrons. The molecular formula is C21H16BrClN2O3. The maximum absolute atomic E-state index is 12.1. The van der Waals surface area contributed by atoms with Crippen molar-refractivity contribution in [3.05, 3.63) is 99.0 Å². The molecule has 0 fully saturated rings. The van der Waals surface area contributed by atoms with Crippen molar-refractivity contribution >= 4 is 39.3 Å². The maximum Gasteiger partial charge on any atom is 0.365 e. The van der Waals surface area contributed by atoms with E-state index in [1.54, 1.807) is 48.5 Å². The highest BCUT2D eigenvalue weighted by Crippen LogP contribution is 2.28. The van der Waals surface area contributed by atoms with Gasteiger partial charge in [0.15, 0.2) is 5.84 Å². The Bertz CT molecular complexity index is 992. The summed E-state index contributed by atoms with van der Waals surface area (Å²) in [4.78, 5) is 17.0. The molecule has 0 aliphatic rings. The Balaban J connectivity index is 1.58. The van der Waals surface area contributed by atoms with Gasteiger partial charge in [-0.15, -0.1) is 0 Å². The van der Waals surface area contributed by atoms with E-state index in [0.717, 1.165) is 10.0 Å². The Morgan fingerprint density at radius 1 is 1.00 bits per heavy atom. The molecule has 0 amide bonds. The quantitative estimate of drug-likeness (QED) is 0.239. The van der Waals surface area contributed by atoms with E-state index in [2.05, 4.69) is 21.1 Å². The lowest BCUT2D eigenvalue weighted by Gasteiger charge is -2.08. The Labute approximate surface area is 175 Å². The minimum atomic E-state index is -0.595. The van der Waals surface area contributed by atoms with Gasteiger partial charge in [0.25, 0.3) is 0 Å². The van der Waals surface area contributed by atoms with Crippen molar-refractivity contribution in [2.45, 2.75) is 6.61 Å². The molecule has 142 valence electrons.